The van der Waals surface area contributed by atoms with E-state index < -0.39 is 11.9 Å². The van der Waals surface area contributed by atoms with E-state index in [0.29, 0.717) is 6.54 Å². The minimum absolute atomic E-state index is 0. The molecule has 2 aromatic rings. The van der Waals surface area contributed by atoms with Gasteiger partial charge in [-0.05, 0) is 24.5 Å². The zero-order valence-corrected chi connectivity index (χ0v) is 15.2. The Morgan fingerprint density at radius 1 is 1.00 bits per heavy atom. The van der Waals surface area contributed by atoms with Crippen LogP contribution in [-0.2, 0) is 16.1 Å². The molecule has 24 heavy (non-hydrogen) atoms. The Hall–Kier alpha value is -2.05. The summed E-state index contributed by atoms with van der Waals surface area (Å²) in [7, 11) is 0. The summed E-state index contributed by atoms with van der Waals surface area (Å²) in [4.78, 5) is 23.5. The molecule has 0 radical (unpaired) electrons. The highest BCUT2D eigenvalue weighted by molar-refractivity contribution is 7.98. The summed E-state index contributed by atoms with van der Waals surface area (Å²) < 4.78 is 12.2. The summed E-state index contributed by atoms with van der Waals surface area (Å²) in [6, 6.07) is 9.23. The largest absolute Gasteiger partial charge is 1.00 e. The van der Waals surface area contributed by atoms with E-state index >= 15 is 0 Å². The lowest BCUT2D eigenvalue weighted by atomic mass is 10.2. The number of pyridine rings is 1. The van der Waals surface area contributed by atoms with Crippen molar-refractivity contribution in [2.45, 2.75) is 25.3 Å². The van der Waals surface area contributed by atoms with Gasteiger partial charge in [-0.1, -0.05) is 0 Å². The van der Waals surface area contributed by atoms with E-state index in [9.17, 15) is 9.59 Å². The van der Waals surface area contributed by atoms with Gasteiger partial charge in [0.1, 0.15) is 0 Å². The molecule has 5 nitrogen and oxygen atoms in total. The Balaban J connectivity index is 0.00000288. The number of aromatic nitrogens is 1. The van der Waals surface area contributed by atoms with E-state index in [2.05, 4.69) is 0 Å². The fourth-order valence-corrected chi connectivity index (χ4v) is 2.41. The third-order valence-electron chi connectivity index (χ3n) is 2.98. The van der Waals surface area contributed by atoms with Gasteiger partial charge in [0.05, 0.1) is 0 Å². The second-order valence-electron chi connectivity index (χ2n) is 4.88. The monoisotopic (exact) mass is 367 g/mol. The lowest BCUT2D eigenvalue weighted by Gasteiger charge is -2.09. The molecule has 0 fully saturated rings. The van der Waals surface area contributed by atoms with Crippen molar-refractivity contribution in [2.24, 2.45) is 0 Å². The van der Waals surface area contributed by atoms with Gasteiger partial charge in [0.15, 0.2) is 30.4 Å². The molecule has 0 spiro atoms. The topological polar surface area (TPSA) is 56.5 Å². The first-order valence-corrected chi connectivity index (χ1v) is 8.23. The van der Waals surface area contributed by atoms with Crippen LogP contribution in [0.1, 0.15) is 19.4 Å². The molecule has 0 aliphatic heterocycles. The maximum atomic E-state index is 11.2. The Morgan fingerprint density at radius 2 is 1.58 bits per heavy atom. The summed E-state index contributed by atoms with van der Waals surface area (Å²) in [5.74, 6) is -0.452. The van der Waals surface area contributed by atoms with Gasteiger partial charge in [-0.15, -0.1) is 11.8 Å². The quantitative estimate of drug-likeness (QED) is 0.311. The summed E-state index contributed by atoms with van der Waals surface area (Å²) in [5, 5.41) is 0. The number of carbonyl (C=O) groups is 2. The fraction of sp³-hybridized carbons (Fsp3) is 0.235. The number of ether oxygens (including phenoxy) is 2. The molecule has 1 heterocycles. The number of esters is 2. The molecule has 1 aromatic carbocycles. The maximum Gasteiger partial charge on any atom is 0.308 e. The second kappa shape index (κ2) is 9.30. The third-order valence-corrected chi connectivity index (χ3v) is 3.72. The van der Waals surface area contributed by atoms with E-state index in [-0.39, 0.29) is 23.9 Å². The fourth-order valence-electron chi connectivity index (χ4n) is 2.02. The van der Waals surface area contributed by atoms with E-state index in [0.717, 1.165) is 5.56 Å². The van der Waals surface area contributed by atoms with Crippen molar-refractivity contribution in [2.75, 3.05) is 6.26 Å². The van der Waals surface area contributed by atoms with Crippen LogP contribution >= 0.6 is 11.8 Å². The van der Waals surface area contributed by atoms with E-state index in [1.165, 1.54) is 18.7 Å². The Kier molecular flexibility index (Phi) is 7.74. The van der Waals surface area contributed by atoms with Gasteiger partial charge in [0.2, 0.25) is 0 Å². The minimum atomic E-state index is -0.465. The number of benzene rings is 1. The highest BCUT2D eigenvalue weighted by Crippen LogP contribution is 2.28. The summed E-state index contributed by atoms with van der Waals surface area (Å²) in [6.07, 6.45) is 5.99. The van der Waals surface area contributed by atoms with Crippen molar-refractivity contribution >= 4 is 23.7 Å². The number of nitrogens with zero attached hydrogens (tertiary/aromatic N) is 1. The predicted octanol–water partition coefficient (Wildman–Crippen LogP) is -0.401. The number of thioether (sulfide) groups is 1. The summed E-state index contributed by atoms with van der Waals surface area (Å²) in [5.41, 5.74) is 0.930. The molecular formula is C17H18ClNO4S. The van der Waals surface area contributed by atoms with Crippen molar-refractivity contribution in [1.29, 1.82) is 0 Å². The van der Waals surface area contributed by atoms with Crippen LogP contribution in [0.4, 0.5) is 0 Å². The highest BCUT2D eigenvalue weighted by atomic mass is 35.5. The number of halogens is 1. The molecule has 2 rings (SSSR count). The standard InChI is InChI=1S/C17H18NO4S.ClH/c1-12(19)21-16-5-4-14(10-17(16)22-13(2)20)11-18-8-6-15(23-3)7-9-18;/h4-10H,11H2,1-3H3;1H/q+1;/p-1. The molecule has 0 aliphatic carbocycles. The van der Waals surface area contributed by atoms with Gasteiger partial charge in [-0.25, -0.2) is 4.57 Å². The first-order chi connectivity index (χ1) is 11.0. The molecule has 0 saturated heterocycles. The Bertz CT molecular complexity index is 719. The van der Waals surface area contributed by atoms with Crippen LogP contribution in [0.15, 0.2) is 47.6 Å². The molecular weight excluding hydrogens is 350 g/mol. The van der Waals surface area contributed by atoms with Gasteiger partial charge < -0.3 is 21.9 Å². The number of hydrogen-bond acceptors (Lipinski definition) is 5. The minimum Gasteiger partial charge on any atom is -1.00 e. The summed E-state index contributed by atoms with van der Waals surface area (Å²) >= 11 is 1.68. The lowest BCUT2D eigenvalue weighted by Crippen LogP contribution is -3.00. The van der Waals surface area contributed by atoms with E-state index in [1.54, 1.807) is 23.9 Å². The normalized spacial score (nSPS) is 9.79. The van der Waals surface area contributed by atoms with E-state index in [1.807, 2.05) is 41.4 Å². The summed E-state index contributed by atoms with van der Waals surface area (Å²) in [6.45, 7) is 3.22. The molecule has 0 aliphatic rings. The van der Waals surface area contributed by atoms with Gasteiger partial charge in [0.25, 0.3) is 0 Å². The molecule has 0 saturated carbocycles. The first-order valence-electron chi connectivity index (χ1n) is 7.01. The third kappa shape index (κ3) is 5.86. The molecule has 1 aromatic heterocycles. The van der Waals surface area contributed by atoms with Crippen LogP contribution in [0, 0.1) is 0 Å². The SMILES string of the molecule is CSc1cc[n+](Cc2ccc(OC(C)=O)c(OC(C)=O)c2)cc1.[Cl-]. The van der Waals surface area contributed by atoms with Crippen LogP contribution in [0.3, 0.4) is 0 Å². The number of carbonyl (C=O) groups excluding carboxylic acids is 2. The highest BCUT2D eigenvalue weighted by Gasteiger charge is 2.13. The molecule has 7 heteroatoms. The molecule has 128 valence electrons. The van der Waals surface area contributed by atoms with Crippen molar-refractivity contribution < 1.29 is 36.0 Å². The van der Waals surface area contributed by atoms with Crippen LogP contribution in [0.5, 0.6) is 11.5 Å². The zero-order chi connectivity index (χ0) is 16.8. The Morgan fingerprint density at radius 3 is 2.12 bits per heavy atom. The van der Waals surface area contributed by atoms with Gasteiger partial charge >= 0.3 is 11.9 Å². The van der Waals surface area contributed by atoms with E-state index in [4.69, 9.17) is 9.47 Å². The predicted molar refractivity (Wildman–Crippen MR) is 86.6 cm³/mol. The molecule has 0 N–H and O–H groups in total. The average molecular weight is 368 g/mol. The van der Waals surface area contributed by atoms with Crippen LogP contribution in [0.25, 0.3) is 0 Å². The number of hydrogen-bond donors (Lipinski definition) is 0. The van der Waals surface area contributed by atoms with Crippen molar-refractivity contribution in [3.63, 3.8) is 0 Å². The first kappa shape index (κ1) is 20.0. The Labute approximate surface area is 151 Å². The van der Waals surface area contributed by atoms with Crippen LogP contribution in [0.2, 0.25) is 0 Å². The van der Waals surface area contributed by atoms with Gasteiger partial charge in [-0.2, -0.15) is 0 Å². The van der Waals surface area contributed by atoms with Crippen molar-refractivity contribution in [1.82, 2.24) is 0 Å². The van der Waals surface area contributed by atoms with Crippen molar-refractivity contribution in [3.8, 4) is 11.5 Å². The smallest absolute Gasteiger partial charge is 0.308 e. The zero-order valence-electron chi connectivity index (χ0n) is 13.6. The molecule has 0 unspecified atom stereocenters. The van der Waals surface area contributed by atoms with Gasteiger partial charge in [-0.3, -0.25) is 9.59 Å². The molecule has 0 atom stereocenters. The van der Waals surface area contributed by atoms with Gasteiger partial charge in [0, 0.05) is 36.4 Å². The average Bonchev–Trinajstić information content (AvgIpc) is 2.50. The second-order valence-corrected chi connectivity index (χ2v) is 5.76. The lowest BCUT2D eigenvalue weighted by molar-refractivity contribution is -0.688. The van der Waals surface area contributed by atoms with Crippen LogP contribution < -0.4 is 26.4 Å². The molecule has 0 bridgehead atoms. The molecule has 0 amide bonds. The number of rotatable bonds is 5. The van der Waals surface area contributed by atoms with Crippen LogP contribution in [-0.4, -0.2) is 18.2 Å². The maximum absolute atomic E-state index is 11.2. The van der Waals surface area contributed by atoms with Crippen molar-refractivity contribution in [3.05, 3.63) is 48.3 Å².